The molecule has 1 unspecified atom stereocenters. The molecule has 1 atom stereocenters. The first-order chi connectivity index (χ1) is 8.81. The molecule has 1 fully saturated rings. The van der Waals surface area contributed by atoms with Gasteiger partial charge in [-0.2, -0.15) is 11.8 Å². The Hall–Kier alpha value is -0.510. The highest BCUT2D eigenvalue weighted by Crippen LogP contribution is 2.26. The second-order valence-corrected chi connectivity index (χ2v) is 6.19. The summed E-state index contributed by atoms with van der Waals surface area (Å²) in [5, 5.41) is 4.38. The molecule has 1 heterocycles. The van der Waals surface area contributed by atoms with Gasteiger partial charge in [-0.3, -0.25) is 0 Å². The topological polar surface area (TPSA) is 21.3 Å². The van der Waals surface area contributed by atoms with Crippen LogP contribution in [0.1, 0.15) is 30.5 Å². The average Bonchev–Trinajstić information content (AvgIpc) is 2.32. The second kappa shape index (κ2) is 7.17. The summed E-state index contributed by atoms with van der Waals surface area (Å²) >= 11 is 2.04. The number of nitrogens with one attached hydrogen (secondary N) is 1. The lowest BCUT2D eigenvalue weighted by atomic mass is 10.0. The number of rotatable bonds is 7. The summed E-state index contributed by atoms with van der Waals surface area (Å²) in [4.78, 5) is 0. The minimum Gasteiger partial charge on any atom is -0.379 e. The molecule has 1 aliphatic heterocycles. The normalized spacial score (nSPS) is 17.4. The lowest BCUT2D eigenvalue weighted by Gasteiger charge is -2.28. The highest BCUT2D eigenvalue weighted by Gasteiger charge is 2.21. The molecule has 0 aliphatic carbocycles. The fourth-order valence-electron chi connectivity index (χ4n) is 2.10. The summed E-state index contributed by atoms with van der Waals surface area (Å²) < 4.78 is 5.24. The minimum atomic E-state index is 0.469. The Kier molecular flexibility index (Phi) is 5.54. The molecule has 2 nitrogen and oxygen atoms in total. The van der Waals surface area contributed by atoms with Crippen LogP contribution < -0.4 is 5.32 Å². The van der Waals surface area contributed by atoms with Crippen LogP contribution in [0.15, 0.2) is 24.3 Å². The Morgan fingerprint density at radius 3 is 2.78 bits per heavy atom. The second-order valence-electron chi connectivity index (χ2n) is 4.86. The van der Waals surface area contributed by atoms with E-state index in [2.05, 4.69) is 43.4 Å². The Morgan fingerprint density at radius 2 is 2.17 bits per heavy atom. The smallest absolute Gasteiger partial charge is 0.0607 e. The van der Waals surface area contributed by atoms with Gasteiger partial charge in [0, 0.05) is 11.8 Å². The molecule has 18 heavy (non-hydrogen) atoms. The van der Waals surface area contributed by atoms with Crippen LogP contribution in [0.5, 0.6) is 0 Å². The number of benzene rings is 1. The average molecular weight is 265 g/mol. The lowest BCUT2D eigenvalue weighted by molar-refractivity contribution is 0.0455. The summed E-state index contributed by atoms with van der Waals surface area (Å²) in [5.74, 6) is 1.14. The molecule has 0 bridgehead atoms. The van der Waals surface area contributed by atoms with E-state index in [0.29, 0.717) is 11.3 Å². The Bertz CT molecular complexity index is 365. The Morgan fingerprint density at radius 1 is 1.39 bits per heavy atom. The minimum absolute atomic E-state index is 0.469. The fraction of sp³-hybridized carbons (Fsp3) is 0.600. The molecule has 100 valence electrons. The van der Waals surface area contributed by atoms with Gasteiger partial charge in [-0.1, -0.05) is 31.2 Å². The first kappa shape index (κ1) is 13.9. The molecule has 1 saturated heterocycles. The summed E-state index contributed by atoms with van der Waals surface area (Å²) in [5.41, 5.74) is 2.83. The molecule has 0 saturated carbocycles. The monoisotopic (exact) mass is 265 g/mol. The molecule has 0 spiro atoms. The maximum Gasteiger partial charge on any atom is 0.0607 e. The molecule has 1 aliphatic rings. The summed E-state index contributed by atoms with van der Waals surface area (Å²) in [6.07, 6.45) is 1.18. The predicted octanol–water partition coefficient (Wildman–Crippen LogP) is 3.17. The standard InChI is InChI=1S/C15H23NOS/c1-3-8-16-15(11-18-13-9-17-10-13)14-7-5-4-6-12(14)2/h4-7,13,15-16H,3,8-11H2,1-2H3. The van der Waals surface area contributed by atoms with E-state index in [-0.39, 0.29) is 0 Å². The summed E-state index contributed by atoms with van der Waals surface area (Å²) in [6.45, 7) is 7.36. The molecular weight excluding hydrogens is 242 g/mol. The van der Waals surface area contributed by atoms with E-state index in [1.807, 2.05) is 11.8 Å². The molecule has 0 radical (unpaired) electrons. The van der Waals surface area contributed by atoms with Gasteiger partial charge >= 0.3 is 0 Å². The first-order valence-electron chi connectivity index (χ1n) is 6.79. The number of thioether (sulfide) groups is 1. The van der Waals surface area contributed by atoms with Crippen molar-refractivity contribution in [3.05, 3.63) is 35.4 Å². The highest BCUT2D eigenvalue weighted by molar-refractivity contribution is 8.00. The van der Waals surface area contributed by atoms with Gasteiger partial charge < -0.3 is 10.1 Å². The van der Waals surface area contributed by atoms with Crippen molar-refractivity contribution in [2.75, 3.05) is 25.5 Å². The predicted molar refractivity (Wildman–Crippen MR) is 79.3 cm³/mol. The fourth-order valence-corrected chi connectivity index (χ4v) is 3.24. The summed E-state index contributed by atoms with van der Waals surface area (Å²) in [7, 11) is 0. The maximum absolute atomic E-state index is 5.24. The zero-order valence-corrected chi connectivity index (χ0v) is 12.1. The van der Waals surface area contributed by atoms with Gasteiger partial charge in [0.15, 0.2) is 0 Å². The first-order valence-corrected chi connectivity index (χ1v) is 7.84. The number of ether oxygens (including phenoxy) is 1. The number of aryl methyl sites for hydroxylation is 1. The van der Waals surface area contributed by atoms with Crippen LogP contribution in [-0.2, 0) is 4.74 Å². The van der Waals surface area contributed by atoms with E-state index < -0.39 is 0 Å². The molecule has 1 aromatic carbocycles. The van der Waals surface area contributed by atoms with E-state index in [1.54, 1.807) is 0 Å². The largest absolute Gasteiger partial charge is 0.379 e. The zero-order valence-electron chi connectivity index (χ0n) is 11.3. The lowest BCUT2D eigenvalue weighted by Crippen LogP contribution is -2.33. The summed E-state index contributed by atoms with van der Waals surface area (Å²) in [6, 6.07) is 9.17. The van der Waals surface area contributed by atoms with E-state index in [9.17, 15) is 0 Å². The molecule has 0 amide bonds. The van der Waals surface area contributed by atoms with Crippen LogP contribution in [0.2, 0.25) is 0 Å². The molecule has 0 aromatic heterocycles. The van der Waals surface area contributed by atoms with Crippen molar-refractivity contribution >= 4 is 11.8 Å². The Balaban J connectivity index is 1.96. The van der Waals surface area contributed by atoms with E-state index in [0.717, 1.165) is 25.5 Å². The SMILES string of the molecule is CCCNC(CSC1COC1)c1ccccc1C. The quantitative estimate of drug-likeness (QED) is 0.818. The molecule has 3 heteroatoms. The van der Waals surface area contributed by atoms with E-state index in [1.165, 1.54) is 17.5 Å². The van der Waals surface area contributed by atoms with Gasteiger partial charge in [0.25, 0.3) is 0 Å². The Labute approximate surface area is 114 Å². The van der Waals surface area contributed by atoms with Crippen molar-refractivity contribution in [3.8, 4) is 0 Å². The number of hydrogen-bond acceptors (Lipinski definition) is 3. The van der Waals surface area contributed by atoms with Gasteiger partial charge in [0.2, 0.25) is 0 Å². The number of hydrogen-bond donors (Lipinski definition) is 1. The van der Waals surface area contributed by atoms with Crippen LogP contribution in [0.25, 0.3) is 0 Å². The van der Waals surface area contributed by atoms with Crippen molar-refractivity contribution in [1.82, 2.24) is 5.32 Å². The van der Waals surface area contributed by atoms with Crippen molar-refractivity contribution < 1.29 is 4.74 Å². The maximum atomic E-state index is 5.24. The van der Waals surface area contributed by atoms with E-state index in [4.69, 9.17) is 4.74 Å². The van der Waals surface area contributed by atoms with Crippen molar-refractivity contribution in [2.45, 2.75) is 31.6 Å². The molecule has 2 rings (SSSR count). The third kappa shape index (κ3) is 3.74. The van der Waals surface area contributed by atoms with Crippen molar-refractivity contribution in [3.63, 3.8) is 0 Å². The van der Waals surface area contributed by atoms with Crippen molar-refractivity contribution in [2.24, 2.45) is 0 Å². The van der Waals surface area contributed by atoms with Gasteiger partial charge in [0.05, 0.1) is 18.5 Å². The van der Waals surface area contributed by atoms with Gasteiger partial charge in [0.1, 0.15) is 0 Å². The van der Waals surface area contributed by atoms with Gasteiger partial charge in [-0.05, 0) is 31.0 Å². The van der Waals surface area contributed by atoms with Crippen molar-refractivity contribution in [1.29, 1.82) is 0 Å². The van der Waals surface area contributed by atoms with Gasteiger partial charge in [-0.15, -0.1) is 0 Å². The molecular formula is C15H23NOS. The van der Waals surface area contributed by atoms with Crippen LogP contribution in [0.3, 0.4) is 0 Å². The third-order valence-corrected chi connectivity index (χ3v) is 4.58. The van der Waals surface area contributed by atoms with Crippen LogP contribution in [0.4, 0.5) is 0 Å². The zero-order chi connectivity index (χ0) is 12.8. The molecule has 1 N–H and O–H groups in total. The van der Waals surface area contributed by atoms with E-state index >= 15 is 0 Å². The van der Waals surface area contributed by atoms with Crippen LogP contribution in [-0.4, -0.2) is 30.8 Å². The molecule has 1 aromatic rings. The third-order valence-electron chi connectivity index (χ3n) is 3.31. The van der Waals surface area contributed by atoms with Gasteiger partial charge in [-0.25, -0.2) is 0 Å². The van der Waals surface area contributed by atoms with Crippen LogP contribution in [0, 0.1) is 6.92 Å². The highest BCUT2D eigenvalue weighted by atomic mass is 32.2. The van der Waals surface area contributed by atoms with Crippen LogP contribution >= 0.6 is 11.8 Å².